The third-order valence-electron chi connectivity index (χ3n) is 3.81. The molecule has 0 radical (unpaired) electrons. The van der Waals surface area contributed by atoms with Crippen LogP contribution < -0.4 is 5.32 Å². The predicted molar refractivity (Wildman–Crippen MR) is 113 cm³/mol. The Kier molecular flexibility index (Phi) is 8.52. The number of ether oxygens (including phenoxy) is 1. The van der Waals surface area contributed by atoms with E-state index in [9.17, 15) is 13.2 Å². The number of hydrogen-bond donors (Lipinski definition) is 1. The highest BCUT2D eigenvalue weighted by molar-refractivity contribution is 7.90. The lowest BCUT2D eigenvalue weighted by molar-refractivity contribution is 0.0527. The van der Waals surface area contributed by atoms with Crippen molar-refractivity contribution in [2.75, 3.05) is 6.54 Å². The molecule has 0 spiro atoms. The van der Waals surface area contributed by atoms with Crippen molar-refractivity contribution in [2.45, 2.75) is 63.0 Å². The first kappa shape index (κ1) is 24.4. The van der Waals surface area contributed by atoms with Crippen LogP contribution in [0.15, 0.2) is 27.8 Å². The van der Waals surface area contributed by atoms with Crippen molar-refractivity contribution in [3.63, 3.8) is 0 Å². The predicted octanol–water partition coefficient (Wildman–Crippen LogP) is 4.59. The van der Waals surface area contributed by atoms with Gasteiger partial charge in [-0.2, -0.15) is 0 Å². The lowest BCUT2D eigenvalue weighted by Crippen LogP contribution is -2.32. The zero-order valence-electron chi connectivity index (χ0n) is 17.1. The molecule has 2 aromatic rings. The van der Waals surface area contributed by atoms with Gasteiger partial charge < -0.3 is 14.5 Å². The number of carbonyl (C=O) groups excluding carboxylic acids is 1. The second kappa shape index (κ2) is 10.5. The highest BCUT2D eigenvalue weighted by atomic mass is 35.5. The van der Waals surface area contributed by atoms with Crippen molar-refractivity contribution in [2.24, 2.45) is 0 Å². The quantitative estimate of drug-likeness (QED) is 0.525. The van der Waals surface area contributed by atoms with Gasteiger partial charge in [0.15, 0.2) is 0 Å². The van der Waals surface area contributed by atoms with Crippen LogP contribution in [0.4, 0.5) is 4.79 Å². The normalized spacial score (nSPS) is 12.0. The smallest absolute Gasteiger partial charge is 0.407 e. The Balaban J connectivity index is 1.77. The van der Waals surface area contributed by atoms with Crippen LogP contribution in [0.1, 0.15) is 51.5 Å². The Labute approximate surface area is 186 Å². The minimum Gasteiger partial charge on any atom is -0.444 e. The number of nitrogens with zero attached hydrogens (tertiary/aromatic N) is 2. The molecule has 0 fully saturated rings. The maximum absolute atomic E-state index is 12.5. The Hall–Kier alpha value is -1.84. The molecule has 1 aromatic carbocycles. The molecule has 1 heterocycles. The Morgan fingerprint density at radius 3 is 2.57 bits per heavy atom. The number of carbonyl (C=O) groups is 1. The van der Waals surface area contributed by atoms with Gasteiger partial charge in [0.1, 0.15) is 5.60 Å². The van der Waals surface area contributed by atoms with E-state index in [1.54, 1.807) is 32.9 Å². The molecule has 0 saturated heterocycles. The molecule has 0 unspecified atom stereocenters. The topological polar surface area (TPSA) is 111 Å². The fraction of sp³-hybridized carbons (Fsp3) is 0.526. The first-order valence-electron chi connectivity index (χ1n) is 9.42. The van der Waals surface area contributed by atoms with Gasteiger partial charge in [-0.05, 0) is 51.3 Å². The molecule has 30 heavy (non-hydrogen) atoms. The Morgan fingerprint density at radius 2 is 1.90 bits per heavy atom. The van der Waals surface area contributed by atoms with Gasteiger partial charge in [0.05, 0.1) is 5.75 Å². The number of nitrogens with one attached hydrogen (secondary N) is 1. The van der Waals surface area contributed by atoms with Gasteiger partial charge in [-0.25, -0.2) is 13.2 Å². The summed E-state index contributed by atoms with van der Waals surface area (Å²) in [5.74, 6) is -0.114. The number of halogens is 2. The van der Waals surface area contributed by atoms with Crippen molar-refractivity contribution in [3.05, 3.63) is 39.7 Å². The highest BCUT2D eigenvalue weighted by Gasteiger charge is 2.24. The van der Waals surface area contributed by atoms with E-state index in [0.717, 1.165) is 12.8 Å². The lowest BCUT2D eigenvalue weighted by atomic mass is 10.2. The van der Waals surface area contributed by atoms with Crippen LogP contribution in [0.5, 0.6) is 0 Å². The molecule has 0 aliphatic heterocycles. The second-order valence-electron chi connectivity index (χ2n) is 7.70. The number of rotatable bonds is 9. The molecule has 1 aromatic heterocycles. The molecule has 11 heteroatoms. The average Bonchev–Trinajstić information content (AvgIpc) is 3.09. The minimum absolute atomic E-state index is 0.246. The van der Waals surface area contributed by atoms with Crippen LogP contribution >= 0.6 is 23.2 Å². The van der Waals surface area contributed by atoms with Gasteiger partial charge in [0, 0.05) is 23.0 Å². The van der Waals surface area contributed by atoms with Crippen LogP contribution in [0.2, 0.25) is 10.0 Å². The monoisotopic (exact) mass is 477 g/mol. The number of sulfone groups is 1. The van der Waals surface area contributed by atoms with Crippen molar-refractivity contribution >= 4 is 39.1 Å². The van der Waals surface area contributed by atoms with Gasteiger partial charge in [-0.1, -0.05) is 40.8 Å². The van der Waals surface area contributed by atoms with Gasteiger partial charge in [-0.3, -0.25) is 0 Å². The van der Waals surface area contributed by atoms with Crippen LogP contribution in [0, 0.1) is 0 Å². The first-order chi connectivity index (χ1) is 14.0. The van der Waals surface area contributed by atoms with E-state index in [2.05, 4.69) is 15.5 Å². The van der Waals surface area contributed by atoms with E-state index in [-0.39, 0.29) is 16.7 Å². The van der Waals surface area contributed by atoms with Crippen molar-refractivity contribution in [1.82, 2.24) is 15.5 Å². The molecule has 0 aliphatic rings. The highest BCUT2D eigenvalue weighted by Crippen LogP contribution is 2.25. The fourth-order valence-corrected chi connectivity index (χ4v) is 4.18. The summed E-state index contributed by atoms with van der Waals surface area (Å²) < 4.78 is 35.4. The van der Waals surface area contributed by atoms with E-state index >= 15 is 0 Å². The third-order valence-corrected chi connectivity index (χ3v) is 5.79. The molecular formula is C19H25Cl2N3O5S. The number of unbranched alkanes of at least 4 members (excludes halogenated alkanes) is 2. The summed E-state index contributed by atoms with van der Waals surface area (Å²) in [6, 6.07) is 4.59. The van der Waals surface area contributed by atoms with Gasteiger partial charge in [-0.15, -0.1) is 5.10 Å². The van der Waals surface area contributed by atoms with Crippen molar-refractivity contribution < 1.29 is 22.4 Å². The van der Waals surface area contributed by atoms with Crippen LogP contribution in [0.25, 0.3) is 0 Å². The number of hydrogen-bond acceptors (Lipinski definition) is 7. The summed E-state index contributed by atoms with van der Waals surface area (Å²) in [5.41, 5.74) is -0.128. The Morgan fingerprint density at radius 1 is 1.17 bits per heavy atom. The van der Waals surface area contributed by atoms with E-state index in [1.165, 1.54) is 6.07 Å². The van der Waals surface area contributed by atoms with E-state index < -0.39 is 26.8 Å². The largest absolute Gasteiger partial charge is 0.444 e. The zero-order valence-corrected chi connectivity index (χ0v) is 19.4. The molecule has 1 amide bonds. The number of alkyl carbamates (subject to hydrolysis) is 1. The molecule has 2 rings (SSSR count). The number of aromatic nitrogens is 2. The van der Waals surface area contributed by atoms with Crippen molar-refractivity contribution in [1.29, 1.82) is 0 Å². The molecule has 1 N–H and O–H groups in total. The first-order valence-corrected chi connectivity index (χ1v) is 11.8. The Bertz CT molecular complexity index is 971. The lowest BCUT2D eigenvalue weighted by Gasteiger charge is -2.19. The number of benzene rings is 1. The van der Waals surface area contributed by atoms with Crippen LogP contribution in [0.3, 0.4) is 0 Å². The molecule has 0 atom stereocenters. The summed E-state index contributed by atoms with van der Waals surface area (Å²) in [4.78, 5) is 11.5. The molecule has 0 bridgehead atoms. The molecule has 166 valence electrons. The van der Waals surface area contributed by atoms with Gasteiger partial charge in [0.2, 0.25) is 15.7 Å². The summed E-state index contributed by atoms with van der Waals surface area (Å²) in [7, 11) is -3.82. The third kappa shape index (κ3) is 8.12. The molecule has 0 saturated carbocycles. The summed E-state index contributed by atoms with van der Waals surface area (Å²) in [6.45, 7) is 5.89. The van der Waals surface area contributed by atoms with E-state index in [4.69, 9.17) is 32.4 Å². The SMILES string of the molecule is CC(C)(C)OC(=O)NCCCCCc1nnc(S(=O)(=O)Cc2ccc(Cl)cc2Cl)o1. The van der Waals surface area contributed by atoms with E-state index in [0.29, 0.717) is 30.0 Å². The fourth-order valence-electron chi connectivity index (χ4n) is 2.45. The van der Waals surface area contributed by atoms with Crippen LogP contribution in [-0.4, -0.2) is 36.9 Å². The number of aryl methyl sites for hydroxylation is 1. The molecule has 8 nitrogen and oxygen atoms in total. The summed E-state index contributed by atoms with van der Waals surface area (Å²) >= 11 is 11.9. The standard InChI is InChI=1S/C19H25Cl2N3O5S/c1-19(2,3)29-17(25)22-10-6-4-5-7-16-23-24-18(28-16)30(26,27)12-13-8-9-14(20)11-15(13)21/h8-9,11H,4-7,10,12H2,1-3H3,(H,22,25). The zero-order chi connectivity index (χ0) is 22.4. The number of amides is 1. The van der Waals surface area contributed by atoms with Crippen molar-refractivity contribution in [3.8, 4) is 0 Å². The molecular weight excluding hydrogens is 453 g/mol. The molecule has 0 aliphatic carbocycles. The maximum atomic E-state index is 12.5. The summed E-state index contributed by atoms with van der Waals surface area (Å²) in [5, 5.41) is 10.4. The van der Waals surface area contributed by atoms with Crippen LogP contribution in [-0.2, 0) is 26.7 Å². The van der Waals surface area contributed by atoms with E-state index in [1.807, 2.05) is 0 Å². The summed E-state index contributed by atoms with van der Waals surface area (Å²) in [6.07, 6.45) is 2.24. The van der Waals surface area contributed by atoms with Gasteiger partial charge in [0.25, 0.3) is 0 Å². The average molecular weight is 478 g/mol. The second-order valence-corrected chi connectivity index (χ2v) is 10.4. The maximum Gasteiger partial charge on any atom is 0.407 e. The minimum atomic E-state index is -3.82. The van der Waals surface area contributed by atoms with Gasteiger partial charge >= 0.3 is 11.3 Å².